The van der Waals surface area contributed by atoms with E-state index in [9.17, 15) is 4.79 Å². The maximum atomic E-state index is 10.7. The van der Waals surface area contributed by atoms with Crippen molar-refractivity contribution in [3.05, 3.63) is 5.82 Å². The van der Waals surface area contributed by atoms with Crippen molar-refractivity contribution < 1.29 is 9.90 Å². The largest absolute Gasteiger partial charge is 0.481 e. The van der Waals surface area contributed by atoms with E-state index in [1.807, 2.05) is 0 Å². The minimum absolute atomic E-state index is 0.0650. The van der Waals surface area contributed by atoms with Gasteiger partial charge in [0, 0.05) is 12.0 Å². The molecule has 2 aliphatic rings. The molecule has 2 saturated carbocycles. The third kappa shape index (κ3) is 2.94. The first-order valence-corrected chi connectivity index (χ1v) is 8.03. The number of hydrogen-bond acceptors (Lipinski definition) is 4. The molecular formula is C13H19N3O2S. The predicted octanol–water partition coefficient (Wildman–Crippen LogP) is 2.84. The van der Waals surface area contributed by atoms with Crippen LogP contribution in [0.15, 0.2) is 5.16 Å². The SMILES string of the molecule is O=C(O)CSc1nnc(C2CCCCC2)n1C1CC1. The highest BCUT2D eigenvalue weighted by Gasteiger charge is 2.32. The molecule has 1 heterocycles. The van der Waals surface area contributed by atoms with Crippen LogP contribution in [0.5, 0.6) is 0 Å². The van der Waals surface area contributed by atoms with Crippen LogP contribution in [0.1, 0.15) is 62.7 Å². The van der Waals surface area contributed by atoms with Gasteiger partial charge in [0.05, 0.1) is 5.75 Å². The van der Waals surface area contributed by atoms with Crippen LogP contribution in [0.4, 0.5) is 0 Å². The Hall–Kier alpha value is -1.04. The average molecular weight is 281 g/mol. The third-order valence-corrected chi connectivity index (χ3v) is 4.83. The lowest BCUT2D eigenvalue weighted by Crippen LogP contribution is -2.12. The summed E-state index contributed by atoms with van der Waals surface area (Å²) in [7, 11) is 0. The van der Waals surface area contributed by atoms with Crippen molar-refractivity contribution in [3.8, 4) is 0 Å². The van der Waals surface area contributed by atoms with Gasteiger partial charge >= 0.3 is 5.97 Å². The maximum Gasteiger partial charge on any atom is 0.313 e. The fourth-order valence-electron chi connectivity index (χ4n) is 2.83. The standard InChI is InChI=1S/C13H19N3O2S/c17-11(18)8-19-13-15-14-12(16(13)10-6-7-10)9-4-2-1-3-5-9/h9-10H,1-8H2,(H,17,18). The summed E-state index contributed by atoms with van der Waals surface area (Å²) in [6, 6.07) is 0.517. The lowest BCUT2D eigenvalue weighted by molar-refractivity contribution is -0.133. The van der Waals surface area contributed by atoms with E-state index in [1.165, 1.54) is 56.7 Å². The van der Waals surface area contributed by atoms with Gasteiger partial charge in [-0.1, -0.05) is 31.0 Å². The lowest BCUT2D eigenvalue weighted by Gasteiger charge is -2.21. The molecule has 2 fully saturated rings. The molecule has 0 unspecified atom stereocenters. The zero-order valence-corrected chi connectivity index (χ0v) is 11.7. The number of carbonyl (C=O) groups is 1. The summed E-state index contributed by atoms with van der Waals surface area (Å²) in [5, 5.41) is 18.2. The van der Waals surface area contributed by atoms with E-state index in [-0.39, 0.29) is 5.75 Å². The first-order chi connectivity index (χ1) is 9.25. The zero-order chi connectivity index (χ0) is 13.2. The number of hydrogen-bond donors (Lipinski definition) is 1. The molecule has 0 aromatic carbocycles. The van der Waals surface area contributed by atoms with Gasteiger partial charge in [-0.25, -0.2) is 0 Å². The van der Waals surface area contributed by atoms with Crippen molar-refractivity contribution in [2.75, 3.05) is 5.75 Å². The molecule has 3 rings (SSSR count). The molecule has 0 aliphatic heterocycles. The van der Waals surface area contributed by atoms with Gasteiger partial charge in [0.25, 0.3) is 0 Å². The van der Waals surface area contributed by atoms with Crippen LogP contribution < -0.4 is 0 Å². The summed E-state index contributed by atoms with van der Waals surface area (Å²) in [5.74, 6) is 0.904. The summed E-state index contributed by atoms with van der Waals surface area (Å²) in [6.45, 7) is 0. The van der Waals surface area contributed by atoms with Gasteiger partial charge < -0.3 is 9.67 Å². The van der Waals surface area contributed by atoms with E-state index in [1.54, 1.807) is 0 Å². The van der Waals surface area contributed by atoms with Gasteiger partial charge in [-0.2, -0.15) is 0 Å². The van der Waals surface area contributed by atoms with Gasteiger partial charge in [-0.05, 0) is 25.7 Å². The first kappa shape index (κ1) is 13.0. The monoisotopic (exact) mass is 281 g/mol. The number of rotatable bonds is 5. The van der Waals surface area contributed by atoms with Crippen LogP contribution in [0.2, 0.25) is 0 Å². The number of carboxylic acid groups (broad SMARTS) is 1. The average Bonchev–Trinajstić information content (AvgIpc) is 3.17. The van der Waals surface area contributed by atoms with Crippen LogP contribution in [0.25, 0.3) is 0 Å². The highest BCUT2D eigenvalue weighted by Crippen LogP contribution is 2.42. The first-order valence-electron chi connectivity index (χ1n) is 7.05. The second-order valence-corrected chi connectivity index (χ2v) is 6.40. The Labute approximate surface area is 116 Å². The second kappa shape index (κ2) is 5.53. The van der Waals surface area contributed by atoms with Crippen LogP contribution >= 0.6 is 11.8 Å². The molecule has 0 atom stereocenters. The Morgan fingerprint density at radius 2 is 1.95 bits per heavy atom. The third-order valence-electron chi connectivity index (χ3n) is 3.90. The molecular weight excluding hydrogens is 262 g/mol. The molecule has 2 aliphatic carbocycles. The van der Waals surface area contributed by atoms with Crippen molar-refractivity contribution >= 4 is 17.7 Å². The number of thioether (sulfide) groups is 1. The molecule has 0 bridgehead atoms. The molecule has 0 amide bonds. The topological polar surface area (TPSA) is 68.0 Å². The number of aliphatic carboxylic acids is 1. The Morgan fingerprint density at radius 3 is 2.58 bits per heavy atom. The van der Waals surface area contributed by atoms with E-state index in [2.05, 4.69) is 14.8 Å². The van der Waals surface area contributed by atoms with Crippen LogP contribution in [-0.2, 0) is 4.79 Å². The highest BCUT2D eigenvalue weighted by molar-refractivity contribution is 7.99. The Balaban J connectivity index is 1.81. The van der Waals surface area contributed by atoms with Crippen LogP contribution in [0, 0.1) is 0 Å². The lowest BCUT2D eigenvalue weighted by atomic mass is 9.88. The second-order valence-electron chi connectivity index (χ2n) is 5.46. The summed E-state index contributed by atoms with van der Waals surface area (Å²) in [4.78, 5) is 10.7. The molecule has 19 heavy (non-hydrogen) atoms. The maximum absolute atomic E-state index is 10.7. The van der Waals surface area contributed by atoms with E-state index in [0.717, 1.165) is 11.0 Å². The van der Waals surface area contributed by atoms with Gasteiger partial charge in [0.15, 0.2) is 5.16 Å². The van der Waals surface area contributed by atoms with E-state index < -0.39 is 5.97 Å². The van der Waals surface area contributed by atoms with Gasteiger partial charge in [0.2, 0.25) is 0 Å². The zero-order valence-electron chi connectivity index (χ0n) is 10.9. The van der Waals surface area contributed by atoms with Gasteiger partial charge in [0.1, 0.15) is 5.82 Å². The van der Waals surface area contributed by atoms with E-state index in [4.69, 9.17) is 5.11 Å². The molecule has 5 nitrogen and oxygen atoms in total. The summed E-state index contributed by atoms with van der Waals surface area (Å²) in [5.41, 5.74) is 0. The normalized spacial score (nSPS) is 20.6. The van der Waals surface area contributed by atoms with Gasteiger partial charge in [-0.15, -0.1) is 10.2 Å². The molecule has 0 spiro atoms. The van der Waals surface area contributed by atoms with E-state index >= 15 is 0 Å². The van der Waals surface area contributed by atoms with Crippen molar-refractivity contribution in [3.63, 3.8) is 0 Å². The molecule has 0 radical (unpaired) electrons. The minimum Gasteiger partial charge on any atom is -0.481 e. The molecule has 0 saturated heterocycles. The molecule has 6 heteroatoms. The summed E-state index contributed by atoms with van der Waals surface area (Å²) in [6.07, 6.45) is 8.65. The summed E-state index contributed by atoms with van der Waals surface area (Å²) < 4.78 is 2.23. The summed E-state index contributed by atoms with van der Waals surface area (Å²) >= 11 is 1.30. The molecule has 1 aromatic rings. The van der Waals surface area contributed by atoms with Crippen molar-refractivity contribution in [1.82, 2.24) is 14.8 Å². The highest BCUT2D eigenvalue weighted by atomic mass is 32.2. The number of aromatic nitrogens is 3. The Kier molecular flexibility index (Phi) is 3.77. The number of nitrogens with zero attached hydrogens (tertiary/aromatic N) is 3. The number of carboxylic acids is 1. The smallest absolute Gasteiger partial charge is 0.313 e. The van der Waals surface area contributed by atoms with Crippen molar-refractivity contribution in [1.29, 1.82) is 0 Å². The Morgan fingerprint density at radius 1 is 1.21 bits per heavy atom. The van der Waals surface area contributed by atoms with E-state index in [0.29, 0.717) is 12.0 Å². The van der Waals surface area contributed by atoms with Crippen LogP contribution in [-0.4, -0.2) is 31.6 Å². The fourth-order valence-corrected chi connectivity index (χ4v) is 3.56. The van der Waals surface area contributed by atoms with Crippen LogP contribution in [0.3, 0.4) is 0 Å². The molecule has 1 aromatic heterocycles. The minimum atomic E-state index is -0.797. The fraction of sp³-hybridized carbons (Fsp3) is 0.769. The molecule has 1 N–H and O–H groups in total. The van der Waals surface area contributed by atoms with Crippen molar-refractivity contribution in [2.24, 2.45) is 0 Å². The van der Waals surface area contributed by atoms with Gasteiger partial charge in [-0.3, -0.25) is 4.79 Å². The quantitative estimate of drug-likeness (QED) is 0.840. The predicted molar refractivity (Wildman–Crippen MR) is 72.5 cm³/mol. The molecule has 104 valence electrons. The Bertz CT molecular complexity index is 464. The van der Waals surface area contributed by atoms with Crippen molar-refractivity contribution in [2.45, 2.75) is 62.1 Å².